The first-order valence-electron chi connectivity index (χ1n) is 21.5. The minimum atomic E-state index is -0.755. The fourth-order valence-corrected chi connectivity index (χ4v) is 6.32. The van der Waals surface area contributed by atoms with Gasteiger partial charge in [0.1, 0.15) is 13.2 Å². The summed E-state index contributed by atoms with van der Waals surface area (Å²) in [7, 11) is 0. The lowest BCUT2D eigenvalue weighted by Gasteiger charge is -2.18. The van der Waals surface area contributed by atoms with Crippen LogP contribution >= 0.6 is 0 Å². The number of esters is 3. The Morgan fingerprint density at radius 3 is 0.816 bits per heavy atom. The molecule has 0 aliphatic carbocycles. The summed E-state index contributed by atoms with van der Waals surface area (Å²) in [6.45, 7) is 6.55. The molecule has 290 valence electrons. The Morgan fingerprint density at radius 2 is 0.551 bits per heavy atom. The van der Waals surface area contributed by atoms with Crippen molar-refractivity contribution in [3.05, 3.63) is 0 Å². The molecule has 0 heterocycles. The third kappa shape index (κ3) is 37.5. The number of ether oxygens (including phenoxy) is 3. The van der Waals surface area contributed by atoms with Gasteiger partial charge in [-0.1, -0.05) is 201 Å². The molecule has 6 nitrogen and oxygen atoms in total. The zero-order valence-corrected chi connectivity index (χ0v) is 33.0. The highest BCUT2D eigenvalue weighted by molar-refractivity contribution is 5.71. The van der Waals surface area contributed by atoms with E-state index >= 15 is 0 Å². The van der Waals surface area contributed by atoms with E-state index in [9.17, 15) is 14.4 Å². The van der Waals surface area contributed by atoms with Crippen molar-refractivity contribution >= 4 is 17.9 Å². The molecule has 0 aromatic carbocycles. The van der Waals surface area contributed by atoms with Gasteiger partial charge in [-0.05, 0) is 19.3 Å². The van der Waals surface area contributed by atoms with Gasteiger partial charge >= 0.3 is 17.9 Å². The molecule has 0 radical (unpaired) electrons. The molecule has 0 spiro atoms. The molecule has 0 unspecified atom stereocenters. The van der Waals surface area contributed by atoms with Crippen molar-refractivity contribution in [1.82, 2.24) is 0 Å². The first kappa shape index (κ1) is 47.4. The van der Waals surface area contributed by atoms with E-state index in [1.54, 1.807) is 0 Å². The predicted octanol–water partition coefficient (Wildman–Crippen LogP) is 13.3. The van der Waals surface area contributed by atoms with E-state index in [1.807, 2.05) is 0 Å². The zero-order chi connectivity index (χ0) is 35.9. The number of unbranched alkanes of at least 4 members (excludes halogenated alkanes) is 28. The Morgan fingerprint density at radius 1 is 0.327 bits per heavy atom. The van der Waals surface area contributed by atoms with Crippen molar-refractivity contribution in [2.24, 2.45) is 0 Å². The van der Waals surface area contributed by atoms with Crippen LogP contribution in [0.3, 0.4) is 0 Å². The number of carbonyl (C=O) groups excluding carboxylic acids is 3. The van der Waals surface area contributed by atoms with E-state index in [0.717, 1.165) is 64.2 Å². The van der Waals surface area contributed by atoms with Gasteiger partial charge in [-0.15, -0.1) is 0 Å². The Bertz CT molecular complexity index is 723. The fraction of sp³-hybridized carbons (Fsp3) is 0.930. The van der Waals surface area contributed by atoms with Gasteiger partial charge < -0.3 is 14.2 Å². The van der Waals surface area contributed by atoms with Crippen molar-refractivity contribution in [2.45, 2.75) is 245 Å². The highest BCUT2D eigenvalue weighted by Gasteiger charge is 2.19. The molecule has 0 saturated carbocycles. The summed E-state index contributed by atoms with van der Waals surface area (Å²) < 4.78 is 16.6. The maximum absolute atomic E-state index is 12.6. The largest absolute Gasteiger partial charge is 0.462 e. The van der Waals surface area contributed by atoms with Gasteiger partial charge in [-0.2, -0.15) is 0 Å². The molecule has 0 N–H and O–H groups in total. The standard InChI is InChI=1S/C43H82O6/c1-4-7-10-13-15-17-19-20-21-22-23-24-26-28-31-34-37-43(46)49-40(38-47-41(44)35-32-29-12-9-6-3)39-48-42(45)36-33-30-27-25-18-16-14-11-8-5-2/h40H,4-39H2,1-3H3/t40-/m1/s1. The quantitative estimate of drug-likeness (QED) is 0.0362. The maximum Gasteiger partial charge on any atom is 0.306 e. The van der Waals surface area contributed by atoms with Crippen LogP contribution in [0.5, 0.6) is 0 Å². The Labute approximate surface area is 304 Å². The molecule has 0 aromatic heterocycles. The van der Waals surface area contributed by atoms with Crippen LogP contribution < -0.4 is 0 Å². The van der Waals surface area contributed by atoms with E-state index < -0.39 is 6.10 Å². The van der Waals surface area contributed by atoms with Crippen molar-refractivity contribution in [1.29, 1.82) is 0 Å². The highest BCUT2D eigenvalue weighted by Crippen LogP contribution is 2.15. The highest BCUT2D eigenvalue weighted by atomic mass is 16.6. The van der Waals surface area contributed by atoms with Crippen molar-refractivity contribution in [3.8, 4) is 0 Å². The maximum atomic E-state index is 12.6. The fourth-order valence-electron chi connectivity index (χ4n) is 6.32. The van der Waals surface area contributed by atoms with Crippen LogP contribution in [0.2, 0.25) is 0 Å². The van der Waals surface area contributed by atoms with Gasteiger partial charge in [0.2, 0.25) is 0 Å². The van der Waals surface area contributed by atoms with E-state index in [4.69, 9.17) is 14.2 Å². The molecular weight excluding hydrogens is 612 g/mol. The van der Waals surface area contributed by atoms with E-state index in [0.29, 0.717) is 19.3 Å². The molecule has 0 fully saturated rings. The second-order valence-corrected chi connectivity index (χ2v) is 14.6. The molecule has 0 aromatic rings. The minimum absolute atomic E-state index is 0.0644. The van der Waals surface area contributed by atoms with E-state index in [-0.39, 0.29) is 31.1 Å². The molecule has 0 aliphatic rings. The number of carbonyl (C=O) groups is 3. The van der Waals surface area contributed by atoms with Crippen LogP contribution in [0.25, 0.3) is 0 Å². The normalized spacial score (nSPS) is 11.8. The van der Waals surface area contributed by atoms with Crippen LogP contribution in [-0.4, -0.2) is 37.2 Å². The summed E-state index contributed by atoms with van der Waals surface area (Å²) in [5.74, 6) is -0.871. The molecule has 49 heavy (non-hydrogen) atoms. The summed E-state index contributed by atoms with van der Waals surface area (Å²) in [5, 5.41) is 0. The first-order chi connectivity index (χ1) is 24.0. The average molecular weight is 695 g/mol. The second-order valence-electron chi connectivity index (χ2n) is 14.6. The van der Waals surface area contributed by atoms with Crippen LogP contribution in [0.1, 0.15) is 239 Å². The van der Waals surface area contributed by atoms with Gasteiger partial charge in [0, 0.05) is 19.3 Å². The second kappa shape index (κ2) is 39.2. The molecule has 0 rings (SSSR count). The Balaban J connectivity index is 4.18. The summed E-state index contributed by atoms with van der Waals surface area (Å²) in [6, 6.07) is 0. The van der Waals surface area contributed by atoms with Crippen LogP contribution in [-0.2, 0) is 28.6 Å². The molecule has 0 aliphatic heterocycles. The number of hydrogen-bond donors (Lipinski definition) is 0. The third-order valence-electron chi connectivity index (χ3n) is 9.61. The van der Waals surface area contributed by atoms with Crippen LogP contribution in [0, 0.1) is 0 Å². The van der Waals surface area contributed by atoms with Gasteiger partial charge in [-0.25, -0.2) is 0 Å². The van der Waals surface area contributed by atoms with E-state index in [2.05, 4.69) is 20.8 Å². The summed E-state index contributed by atoms with van der Waals surface area (Å²) >= 11 is 0. The number of hydrogen-bond acceptors (Lipinski definition) is 6. The van der Waals surface area contributed by atoms with Gasteiger partial charge in [-0.3, -0.25) is 14.4 Å². The SMILES string of the molecule is CCCCCCCCCCCCCCCCCCC(=O)O[C@H](COC(=O)CCCCCCC)COC(=O)CCCCCCCCCCCC. The van der Waals surface area contributed by atoms with Crippen molar-refractivity contribution < 1.29 is 28.6 Å². The molecule has 1 atom stereocenters. The van der Waals surface area contributed by atoms with Gasteiger partial charge in [0.15, 0.2) is 6.10 Å². The van der Waals surface area contributed by atoms with Crippen molar-refractivity contribution in [3.63, 3.8) is 0 Å². The lowest BCUT2D eigenvalue weighted by atomic mass is 10.0. The van der Waals surface area contributed by atoms with Gasteiger partial charge in [0.25, 0.3) is 0 Å². The average Bonchev–Trinajstić information content (AvgIpc) is 3.09. The monoisotopic (exact) mass is 695 g/mol. The Kier molecular flexibility index (Phi) is 37.9. The van der Waals surface area contributed by atoms with Crippen LogP contribution in [0.4, 0.5) is 0 Å². The Hall–Kier alpha value is -1.59. The number of rotatable bonds is 39. The molecular formula is C43H82O6. The zero-order valence-electron chi connectivity index (χ0n) is 33.0. The topological polar surface area (TPSA) is 78.9 Å². The van der Waals surface area contributed by atoms with Gasteiger partial charge in [0.05, 0.1) is 0 Å². The summed E-state index contributed by atoms with van der Waals surface area (Å²) in [4.78, 5) is 37.3. The summed E-state index contributed by atoms with van der Waals surface area (Å²) in [5.41, 5.74) is 0. The molecule has 6 heteroatoms. The molecule has 0 amide bonds. The molecule has 0 saturated heterocycles. The lowest BCUT2D eigenvalue weighted by molar-refractivity contribution is -0.167. The van der Waals surface area contributed by atoms with Crippen molar-refractivity contribution in [2.75, 3.05) is 13.2 Å². The predicted molar refractivity (Wildman–Crippen MR) is 206 cm³/mol. The minimum Gasteiger partial charge on any atom is -0.462 e. The third-order valence-corrected chi connectivity index (χ3v) is 9.61. The summed E-state index contributed by atoms with van der Waals surface area (Å²) in [6.07, 6.45) is 38.3. The first-order valence-corrected chi connectivity index (χ1v) is 21.5. The van der Waals surface area contributed by atoms with E-state index in [1.165, 1.54) is 135 Å². The molecule has 0 bridgehead atoms. The smallest absolute Gasteiger partial charge is 0.306 e. The lowest BCUT2D eigenvalue weighted by Crippen LogP contribution is -2.30. The van der Waals surface area contributed by atoms with Crippen LogP contribution in [0.15, 0.2) is 0 Å².